The zero-order valence-corrected chi connectivity index (χ0v) is 13.2. The van der Waals surface area contributed by atoms with Crippen molar-refractivity contribution in [2.75, 3.05) is 18.1 Å². The molecule has 2 fully saturated rings. The molecule has 19 heavy (non-hydrogen) atoms. The van der Waals surface area contributed by atoms with Gasteiger partial charge in [-0.05, 0) is 45.4 Å². The summed E-state index contributed by atoms with van der Waals surface area (Å²) in [5, 5.41) is 0. The van der Waals surface area contributed by atoms with Crippen LogP contribution in [0.15, 0.2) is 0 Å². The van der Waals surface area contributed by atoms with Crippen LogP contribution in [-0.4, -0.2) is 40.4 Å². The second-order valence-electron chi connectivity index (χ2n) is 6.82. The first kappa shape index (κ1) is 15.2. The van der Waals surface area contributed by atoms with E-state index in [2.05, 4.69) is 4.90 Å². The number of fused-ring (bicyclic) bond motifs is 1. The Morgan fingerprint density at radius 2 is 1.95 bits per heavy atom. The second kappa shape index (κ2) is 6.49. The van der Waals surface area contributed by atoms with Gasteiger partial charge in [-0.25, -0.2) is 0 Å². The minimum absolute atomic E-state index is 0.180. The highest BCUT2D eigenvalue weighted by Gasteiger charge is 2.35. The van der Waals surface area contributed by atoms with Crippen LogP contribution in [0, 0.1) is 5.92 Å². The molecule has 2 N–H and O–H groups in total. The molecule has 3 nitrogen and oxygen atoms in total. The van der Waals surface area contributed by atoms with Crippen molar-refractivity contribution in [2.24, 2.45) is 11.7 Å². The lowest BCUT2D eigenvalue weighted by molar-refractivity contribution is -0.134. The first-order valence-electron chi connectivity index (χ1n) is 7.63. The quantitative estimate of drug-likeness (QED) is 0.863. The second-order valence-corrected chi connectivity index (χ2v) is 7.81. The van der Waals surface area contributed by atoms with Crippen LogP contribution in [0.25, 0.3) is 0 Å². The van der Waals surface area contributed by atoms with Crippen molar-refractivity contribution in [1.29, 1.82) is 0 Å². The Morgan fingerprint density at radius 3 is 2.68 bits per heavy atom. The van der Waals surface area contributed by atoms with Gasteiger partial charge in [0.2, 0.25) is 5.91 Å². The topological polar surface area (TPSA) is 46.3 Å². The summed E-state index contributed by atoms with van der Waals surface area (Å²) < 4.78 is 0. The van der Waals surface area contributed by atoms with Gasteiger partial charge in [0, 0.05) is 23.9 Å². The van der Waals surface area contributed by atoms with E-state index in [1.54, 1.807) is 11.8 Å². The van der Waals surface area contributed by atoms with E-state index >= 15 is 0 Å². The Bertz CT molecular complexity index is 312. The number of rotatable bonds is 4. The summed E-state index contributed by atoms with van der Waals surface area (Å²) in [4.78, 5) is 14.6. The maximum absolute atomic E-state index is 12.4. The van der Waals surface area contributed by atoms with E-state index in [0.29, 0.717) is 17.7 Å². The fraction of sp³-hybridized carbons (Fsp3) is 0.933. The number of carbonyl (C=O) groups excluding carboxylic acids is 1. The third-order valence-corrected chi connectivity index (χ3v) is 5.66. The summed E-state index contributed by atoms with van der Waals surface area (Å²) >= 11 is 1.69. The number of nitrogens with two attached hydrogens (primary N) is 1. The summed E-state index contributed by atoms with van der Waals surface area (Å²) in [5.41, 5.74) is 5.78. The predicted molar refractivity (Wildman–Crippen MR) is 82.3 cm³/mol. The summed E-state index contributed by atoms with van der Waals surface area (Å²) in [6.45, 7) is 5.01. The first-order chi connectivity index (χ1) is 8.97. The molecule has 1 aliphatic heterocycles. The number of piperidine rings is 1. The van der Waals surface area contributed by atoms with Crippen LogP contribution in [0.4, 0.5) is 0 Å². The highest BCUT2D eigenvalue weighted by Crippen LogP contribution is 2.35. The van der Waals surface area contributed by atoms with Crippen LogP contribution < -0.4 is 5.73 Å². The van der Waals surface area contributed by atoms with Crippen molar-refractivity contribution >= 4 is 17.7 Å². The molecule has 1 saturated carbocycles. The fourth-order valence-electron chi connectivity index (χ4n) is 3.42. The van der Waals surface area contributed by atoms with Gasteiger partial charge in [-0.15, -0.1) is 0 Å². The molecule has 0 aromatic carbocycles. The van der Waals surface area contributed by atoms with Crippen LogP contribution in [0.5, 0.6) is 0 Å². The molecule has 0 aromatic heterocycles. The first-order valence-corrected chi connectivity index (χ1v) is 8.79. The van der Waals surface area contributed by atoms with Crippen LogP contribution >= 0.6 is 11.8 Å². The monoisotopic (exact) mass is 284 g/mol. The lowest BCUT2D eigenvalue weighted by Crippen LogP contribution is -2.50. The Hall–Kier alpha value is -0.220. The molecule has 1 aliphatic carbocycles. The van der Waals surface area contributed by atoms with E-state index in [-0.39, 0.29) is 5.54 Å². The van der Waals surface area contributed by atoms with Gasteiger partial charge < -0.3 is 10.6 Å². The molecular weight excluding hydrogens is 256 g/mol. The number of hydrogen-bond acceptors (Lipinski definition) is 3. The lowest BCUT2D eigenvalue weighted by atomic mass is 9.78. The van der Waals surface area contributed by atoms with Gasteiger partial charge in [0.15, 0.2) is 0 Å². The largest absolute Gasteiger partial charge is 0.339 e. The Kier molecular flexibility index (Phi) is 5.18. The molecule has 2 rings (SSSR count). The number of hydrogen-bond donors (Lipinski definition) is 1. The zero-order valence-electron chi connectivity index (χ0n) is 12.4. The number of nitrogens with zero attached hydrogens (tertiary/aromatic N) is 1. The van der Waals surface area contributed by atoms with Crippen molar-refractivity contribution in [3.8, 4) is 0 Å². The van der Waals surface area contributed by atoms with Gasteiger partial charge >= 0.3 is 0 Å². The molecule has 0 spiro atoms. The number of amides is 1. The molecule has 0 radical (unpaired) electrons. The third-order valence-electron chi connectivity index (χ3n) is 4.26. The van der Waals surface area contributed by atoms with Gasteiger partial charge in [0.25, 0.3) is 0 Å². The van der Waals surface area contributed by atoms with Crippen LogP contribution in [0.1, 0.15) is 52.4 Å². The van der Waals surface area contributed by atoms with Gasteiger partial charge in [0.05, 0.1) is 5.75 Å². The molecule has 4 heteroatoms. The average Bonchev–Trinajstić information content (AvgIpc) is 2.36. The van der Waals surface area contributed by atoms with E-state index in [4.69, 9.17) is 5.73 Å². The zero-order chi connectivity index (χ0) is 13.9. The molecular formula is C15H28N2OS. The number of carbonyl (C=O) groups is 1. The molecule has 2 atom stereocenters. The molecule has 0 bridgehead atoms. The van der Waals surface area contributed by atoms with Gasteiger partial charge in [0.1, 0.15) is 0 Å². The highest BCUT2D eigenvalue weighted by molar-refractivity contribution is 8.00. The van der Waals surface area contributed by atoms with Crippen molar-refractivity contribution in [1.82, 2.24) is 4.90 Å². The van der Waals surface area contributed by atoms with Crippen molar-refractivity contribution in [3.05, 3.63) is 0 Å². The molecule has 2 unspecified atom stereocenters. The standard InChI is InChI=1S/C15H28N2OS/c1-15(2,16)11-19-10-14(18)17-9-5-7-12-6-3-4-8-13(12)17/h12-13H,3-11,16H2,1-2H3. The average molecular weight is 284 g/mol. The van der Waals surface area contributed by atoms with Crippen LogP contribution in [0.2, 0.25) is 0 Å². The minimum atomic E-state index is -0.180. The van der Waals surface area contributed by atoms with E-state index in [0.717, 1.165) is 18.2 Å². The van der Waals surface area contributed by atoms with Crippen molar-refractivity contribution in [2.45, 2.75) is 64.0 Å². The van der Waals surface area contributed by atoms with E-state index < -0.39 is 0 Å². The Balaban J connectivity index is 1.83. The van der Waals surface area contributed by atoms with E-state index in [9.17, 15) is 4.79 Å². The van der Waals surface area contributed by atoms with Gasteiger partial charge in [-0.3, -0.25) is 4.79 Å². The molecule has 2 aliphatic rings. The molecule has 110 valence electrons. The summed E-state index contributed by atoms with van der Waals surface area (Å²) in [6, 6.07) is 0.543. The fourth-order valence-corrected chi connectivity index (χ4v) is 4.39. The summed E-state index contributed by atoms with van der Waals surface area (Å²) in [7, 11) is 0. The highest BCUT2D eigenvalue weighted by atomic mass is 32.2. The Morgan fingerprint density at radius 1 is 1.26 bits per heavy atom. The maximum Gasteiger partial charge on any atom is 0.232 e. The molecule has 1 saturated heterocycles. The SMILES string of the molecule is CC(C)(N)CSCC(=O)N1CCCC2CCCCC21. The van der Waals surface area contributed by atoms with Crippen molar-refractivity contribution in [3.63, 3.8) is 0 Å². The number of likely N-dealkylation sites (tertiary alicyclic amines) is 1. The van der Waals surface area contributed by atoms with Gasteiger partial charge in [-0.2, -0.15) is 11.8 Å². The minimum Gasteiger partial charge on any atom is -0.339 e. The van der Waals surface area contributed by atoms with E-state index in [1.165, 1.54) is 38.5 Å². The summed E-state index contributed by atoms with van der Waals surface area (Å²) in [6.07, 6.45) is 7.74. The van der Waals surface area contributed by atoms with Gasteiger partial charge in [-0.1, -0.05) is 12.8 Å². The number of thioether (sulfide) groups is 1. The van der Waals surface area contributed by atoms with Crippen LogP contribution in [-0.2, 0) is 4.79 Å². The van der Waals surface area contributed by atoms with E-state index in [1.807, 2.05) is 13.8 Å². The van der Waals surface area contributed by atoms with Crippen molar-refractivity contribution < 1.29 is 4.79 Å². The summed E-state index contributed by atoms with van der Waals surface area (Å²) in [5.74, 6) is 2.57. The smallest absolute Gasteiger partial charge is 0.232 e. The maximum atomic E-state index is 12.4. The molecule has 1 heterocycles. The normalized spacial score (nSPS) is 28.1. The lowest BCUT2D eigenvalue weighted by Gasteiger charge is -2.44. The Labute approximate surface area is 121 Å². The van der Waals surface area contributed by atoms with Crippen LogP contribution in [0.3, 0.4) is 0 Å². The molecule has 1 amide bonds. The predicted octanol–water partition coefficient (Wildman–Crippen LogP) is 2.64. The third kappa shape index (κ3) is 4.38. The molecule has 0 aromatic rings.